The van der Waals surface area contributed by atoms with Crippen LogP contribution in [0.25, 0.3) is 5.69 Å². The predicted molar refractivity (Wildman–Crippen MR) is 111 cm³/mol. The number of nitrogens with zero attached hydrogens (tertiary/aromatic N) is 3. The van der Waals surface area contributed by atoms with Crippen LogP contribution in [0.1, 0.15) is 32.3 Å². The molecule has 1 amide bonds. The van der Waals surface area contributed by atoms with Gasteiger partial charge in [-0.25, -0.2) is 9.67 Å². The largest absolute Gasteiger partial charge is 0.346 e. The summed E-state index contributed by atoms with van der Waals surface area (Å²) in [5, 5.41) is 10.3. The molecule has 1 N–H and O–H groups in total. The summed E-state index contributed by atoms with van der Waals surface area (Å²) in [6.45, 7) is 2.30. The lowest BCUT2D eigenvalue weighted by Crippen LogP contribution is -2.23. The number of amides is 1. The van der Waals surface area contributed by atoms with Gasteiger partial charge in [-0.2, -0.15) is 5.10 Å². The van der Waals surface area contributed by atoms with E-state index in [-0.39, 0.29) is 5.91 Å². The van der Waals surface area contributed by atoms with Gasteiger partial charge in [0.05, 0.1) is 40.4 Å². The van der Waals surface area contributed by atoms with Crippen molar-refractivity contribution in [1.82, 2.24) is 20.1 Å². The van der Waals surface area contributed by atoms with Crippen LogP contribution in [0.15, 0.2) is 72.2 Å². The summed E-state index contributed by atoms with van der Waals surface area (Å²) in [4.78, 5) is 17.2. The van der Waals surface area contributed by atoms with Crippen LogP contribution < -0.4 is 5.32 Å². The van der Waals surface area contributed by atoms with Crippen LogP contribution in [0.2, 0.25) is 0 Å². The average molecular weight is 388 g/mol. The molecular formula is C22H20N4OS. The van der Waals surface area contributed by atoms with Crippen molar-refractivity contribution in [3.05, 3.63) is 99.8 Å². The Hall–Kier alpha value is -3.25. The summed E-state index contributed by atoms with van der Waals surface area (Å²) in [6.07, 6.45) is 2.42. The highest BCUT2D eigenvalue weighted by atomic mass is 32.1. The highest BCUT2D eigenvalue weighted by molar-refractivity contribution is 7.09. The summed E-state index contributed by atoms with van der Waals surface area (Å²) in [7, 11) is 0. The maximum atomic E-state index is 12.6. The van der Waals surface area contributed by atoms with E-state index in [0.717, 1.165) is 28.5 Å². The van der Waals surface area contributed by atoms with Gasteiger partial charge in [0.2, 0.25) is 0 Å². The number of rotatable bonds is 6. The van der Waals surface area contributed by atoms with Gasteiger partial charge in [-0.1, -0.05) is 48.5 Å². The van der Waals surface area contributed by atoms with Crippen LogP contribution in [-0.4, -0.2) is 20.7 Å². The van der Waals surface area contributed by atoms with Crippen LogP contribution in [0.4, 0.5) is 0 Å². The molecular weight excluding hydrogens is 368 g/mol. The zero-order valence-electron chi connectivity index (χ0n) is 15.5. The lowest BCUT2D eigenvalue weighted by molar-refractivity contribution is 0.0950. The molecule has 0 saturated heterocycles. The van der Waals surface area contributed by atoms with Crippen molar-refractivity contribution in [3.8, 4) is 5.69 Å². The van der Waals surface area contributed by atoms with Gasteiger partial charge >= 0.3 is 0 Å². The van der Waals surface area contributed by atoms with E-state index < -0.39 is 0 Å². The van der Waals surface area contributed by atoms with Crippen molar-refractivity contribution in [2.24, 2.45) is 0 Å². The fourth-order valence-corrected chi connectivity index (χ4v) is 3.84. The van der Waals surface area contributed by atoms with Crippen LogP contribution in [0.5, 0.6) is 0 Å². The van der Waals surface area contributed by atoms with Crippen molar-refractivity contribution in [2.45, 2.75) is 19.9 Å². The van der Waals surface area contributed by atoms with Crippen molar-refractivity contribution < 1.29 is 4.79 Å². The molecule has 0 bridgehead atoms. The van der Waals surface area contributed by atoms with Crippen LogP contribution in [0.3, 0.4) is 0 Å². The van der Waals surface area contributed by atoms with Crippen LogP contribution in [-0.2, 0) is 13.0 Å². The van der Waals surface area contributed by atoms with E-state index >= 15 is 0 Å². The van der Waals surface area contributed by atoms with Crippen molar-refractivity contribution in [2.75, 3.05) is 0 Å². The Kier molecular flexibility index (Phi) is 5.30. The number of thiazole rings is 1. The Bertz CT molecular complexity index is 1070. The molecule has 2 aromatic carbocycles. The van der Waals surface area contributed by atoms with E-state index in [2.05, 4.69) is 27.5 Å². The molecule has 0 aliphatic heterocycles. The van der Waals surface area contributed by atoms with Gasteiger partial charge in [0.25, 0.3) is 5.91 Å². The van der Waals surface area contributed by atoms with Crippen molar-refractivity contribution in [3.63, 3.8) is 0 Å². The first-order valence-electron chi connectivity index (χ1n) is 9.06. The second-order valence-electron chi connectivity index (χ2n) is 6.47. The molecule has 140 valence electrons. The normalized spacial score (nSPS) is 10.8. The number of carbonyl (C=O) groups is 1. The molecule has 0 atom stereocenters. The SMILES string of the molecule is Cc1c(C(=O)NCc2csc(Cc3ccccc3)n2)cnn1-c1ccccc1. The molecule has 4 rings (SSSR count). The lowest BCUT2D eigenvalue weighted by atomic mass is 10.2. The highest BCUT2D eigenvalue weighted by Gasteiger charge is 2.15. The number of aromatic nitrogens is 3. The van der Waals surface area contributed by atoms with Crippen molar-refractivity contribution in [1.29, 1.82) is 0 Å². The number of benzene rings is 2. The van der Waals surface area contributed by atoms with E-state index in [1.54, 1.807) is 22.2 Å². The fraction of sp³-hybridized carbons (Fsp3) is 0.136. The minimum absolute atomic E-state index is 0.141. The summed E-state index contributed by atoms with van der Waals surface area (Å²) >= 11 is 1.62. The third-order valence-electron chi connectivity index (χ3n) is 4.48. The van der Waals surface area contributed by atoms with Crippen molar-refractivity contribution >= 4 is 17.2 Å². The zero-order chi connectivity index (χ0) is 19.3. The minimum atomic E-state index is -0.141. The maximum Gasteiger partial charge on any atom is 0.255 e. The second-order valence-corrected chi connectivity index (χ2v) is 7.41. The van der Waals surface area contributed by atoms with Gasteiger partial charge < -0.3 is 5.32 Å². The molecule has 0 aliphatic carbocycles. The quantitative estimate of drug-likeness (QED) is 0.540. The first kappa shape index (κ1) is 18.1. The molecule has 4 aromatic rings. The van der Waals surface area contributed by atoms with E-state index in [0.29, 0.717) is 12.1 Å². The molecule has 0 spiro atoms. The summed E-state index contributed by atoms with van der Waals surface area (Å²) < 4.78 is 1.77. The molecule has 0 fully saturated rings. The molecule has 0 aliphatic rings. The number of hydrogen-bond donors (Lipinski definition) is 1. The molecule has 2 heterocycles. The van der Waals surface area contributed by atoms with E-state index in [4.69, 9.17) is 0 Å². The molecule has 5 nitrogen and oxygen atoms in total. The molecule has 0 saturated carbocycles. The van der Waals surface area contributed by atoms with E-state index in [9.17, 15) is 4.79 Å². The first-order chi connectivity index (χ1) is 13.7. The average Bonchev–Trinajstić information content (AvgIpc) is 3.34. The van der Waals surface area contributed by atoms with Gasteiger partial charge in [0, 0.05) is 11.8 Å². The number of carbonyl (C=O) groups excluding carboxylic acids is 1. The lowest BCUT2D eigenvalue weighted by Gasteiger charge is -2.06. The van der Waals surface area contributed by atoms with E-state index in [1.807, 2.05) is 60.8 Å². The minimum Gasteiger partial charge on any atom is -0.346 e. The second kappa shape index (κ2) is 8.19. The van der Waals surface area contributed by atoms with E-state index in [1.165, 1.54) is 5.56 Å². The topological polar surface area (TPSA) is 59.8 Å². The van der Waals surface area contributed by atoms with Gasteiger partial charge in [-0.3, -0.25) is 4.79 Å². The number of nitrogens with one attached hydrogen (secondary N) is 1. The highest BCUT2D eigenvalue weighted by Crippen LogP contribution is 2.16. The zero-order valence-corrected chi connectivity index (χ0v) is 16.3. The maximum absolute atomic E-state index is 12.6. The summed E-state index contributed by atoms with van der Waals surface area (Å²) in [5.74, 6) is -0.141. The van der Waals surface area contributed by atoms with Gasteiger partial charge in [-0.05, 0) is 24.6 Å². The molecule has 6 heteroatoms. The smallest absolute Gasteiger partial charge is 0.255 e. The molecule has 0 radical (unpaired) electrons. The fourth-order valence-electron chi connectivity index (χ4n) is 3.01. The third kappa shape index (κ3) is 4.02. The standard InChI is InChI=1S/C22H20N4OS/c1-16-20(14-24-26(16)19-10-6-3-7-11-19)22(27)23-13-18-15-28-21(25-18)12-17-8-4-2-5-9-17/h2-11,14-15H,12-13H2,1H3,(H,23,27). The summed E-state index contributed by atoms with van der Waals surface area (Å²) in [6, 6.07) is 20.0. The monoisotopic (exact) mass is 388 g/mol. The predicted octanol–water partition coefficient (Wildman–Crippen LogP) is 4.16. The molecule has 0 unspecified atom stereocenters. The first-order valence-corrected chi connectivity index (χ1v) is 9.94. The Labute approximate surface area is 167 Å². The number of para-hydroxylation sites is 1. The third-order valence-corrected chi connectivity index (χ3v) is 5.38. The van der Waals surface area contributed by atoms with Gasteiger partial charge in [0.1, 0.15) is 0 Å². The Morgan fingerprint density at radius 1 is 1.07 bits per heavy atom. The van der Waals surface area contributed by atoms with Gasteiger partial charge in [0.15, 0.2) is 0 Å². The Balaban J connectivity index is 1.39. The molecule has 2 aromatic heterocycles. The number of hydrogen-bond acceptors (Lipinski definition) is 4. The Morgan fingerprint density at radius 2 is 1.79 bits per heavy atom. The summed E-state index contributed by atoms with van der Waals surface area (Å²) in [5.41, 5.74) is 4.42. The van der Waals surface area contributed by atoms with Crippen LogP contribution >= 0.6 is 11.3 Å². The Morgan fingerprint density at radius 3 is 2.54 bits per heavy atom. The van der Waals surface area contributed by atoms with Gasteiger partial charge in [-0.15, -0.1) is 11.3 Å². The van der Waals surface area contributed by atoms with Crippen LogP contribution in [0, 0.1) is 6.92 Å². The molecule has 28 heavy (non-hydrogen) atoms.